The number of aromatic hydroxyl groups is 1. The van der Waals surface area contributed by atoms with Gasteiger partial charge >= 0.3 is 0 Å². The predicted octanol–water partition coefficient (Wildman–Crippen LogP) is 4.05. The van der Waals surface area contributed by atoms with Gasteiger partial charge in [0, 0.05) is 29.9 Å². The van der Waals surface area contributed by atoms with Crippen LogP contribution in [0.4, 0.5) is 5.69 Å². The number of phenols is 1. The van der Waals surface area contributed by atoms with E-state index < -0.39 is 0 Å². The van der Waals surface area contributed by atoms with Crippen molar-refractivity contribution in [3.8, 4) is 5.75 Å². The van der Waals surface area contributed by atoms with Crippen LogP contribution in [0.5, 0.6) is 5.75 Å². The fraction of sp³-hybridized carbons (Fsp3) is 0.200. The van der Waals surface area contributed by atoms with E-state index in [0.717, 1.165) is 0 Å². The molecule has 4 rings (SSSR count). The highest BCUT2D eigenvalue weighted by molar-refractivity contribution is 6.13. The topological polar surface area (TPSA) is 66.6 Å². The summed E-state index contributed by atoms with van der Waals surface area (Å²) in [4.78, 5) is 19.3. The summed E-state index contributed by atoms with van der Waals surface area (Å²) in [6.45, 7) is 5.37. The van der Waals surface area contributed by atoms with Gasteiger partial charge in [-0.3, -0.25) is 4.79 Å². The molecule has 0 unspecified atom stereocenters. The summed E-state index contributed by atoms with van der Waals surface area (Å²) < 4.78 is 5.93. The molecule has 1 heterocycles. The SMILES string of the molecule is CCN(CC)c1c(=O)ccc2c(O)cc3oc4ccccc4nc3c12. The zero-order valence-corrected chi connectivity index (χ0v) is 14.1. The van der Waals surface area contributed by atoms with Crippen molar-refractivity contribution in [2.24, 2.45) is 0 Å². The van der Waals surface area contributed by atoms with E-state index in [1.54, 1.807) is 12.1 Å². The fourth-order valence-electron chi connectivity index (χ4n) is 3.34. The molecule has 25 heavy (non-hydrogen) atoms. The van der Waals surface area contributed by atoms with Crippen LogP contribution in [0, 0.1) is 0 Å². The summed E-state index contributed by atoms with van der Waals surface area (Å²) in [5.41, 5.74) is 2.87. The first-order valence-electron chi connectivity index (χ1n) is 8.37. The third-order valence-corrected chi connectivity index (χ3v) is 4.55. The Bertz CT molecular complexity index is 1160. The van der Waals surface area contributed by atoms with Gasteiger partial charge in [-0.2, -0.15) is 0 Å². The van der Waals surface area contributed by atoms with Gasteiger partial charge in [-0.15, -0.1) is 0 Å². The largest absolute Gasteiger partial charge is 0.507 e. The third-order valence-electron chi connectivity index (χ3n) is 4.55. The van der Waals surface area contributed by atoms with Gasteiger partial charge in [0.2, 0.25) is 5.43 Å². The number of phenolic OH excluding ortho intramolecular Hbond substituents is 1. The van der Waals surface area contributed by atoms with E-state index in [-0.39, 0.29) is 11.2 Å². The number of rotatable bonds is 3. The van der Waals surface area contributed by atoms with Crippen LogP contribution in [0.15, 0.2) is 51.7 Å². The molecule has 5 heteroatoms. The van der Waals surface area contributed by atoms with Gasteiger partial charge in [0.15, 0.2) is 11.2 Å². The molecular weight excluding hydrogens is 316 g/mol. The van der Waals surface area contributed by atoms with E-state index in [0.29, 0.717) is 51.7 Å². The van der Waals surface area contributed by atoms with Crippen molar-refractivity contribution in [1.82, 2.24) is 4.98 Å². The first-order chi connectivity index (χ1) is 12.1. The monoisotopic (exact) mass is 334 g/mol. The third kappa shape index (κ3) is 2.31. The molecule has 0 bridgehead atoms. The average molecular weight is 334 g/mol. The van der Waals surface area contributed by atoms with E-state index in [1.165, 1.54) is 6.07 Å². The number of aromatic nitrogens is 1. The zero-order chi connectivity index (χ0) is 17.6. The minimum Gasteiger partial charge on any atom is -0.507 e. The van der Waals surface area contributed by atoms with Crippen LogP contribution in [-0.2, 0) is 0 Å². The van der Waals surface area contributed by atoms with Crippen molar-refractivity contribution in [2.45, 2.75) is 13.8 Å². The molecule has 0 atom stereocenters. The lowest BCUT2D eigenvalue weighted by atomic mass is 10.0. The second kappa shape index (κ2) is 5.77. The van der Waals surface area contributed by atoms with Crippen LogP contribution in [0.25, 0.3) is 33.0 Å². The minimum absolute atomic E-state index is 0.0803. The summed E-state index contributed by atoms with van der Waals surface area (Å²) in [6.07, 6.45) is 0. The fourth-order valence-corrected chi connectivity index (χ4v) is 3.34. The highest BCUT2D eigenvalue weighted by Gasteiger charge is 2.19. The first kappa shape index (κ1) is 15.4. The summed E-state index contributed by atoms with van der Waals surface area (Å²) >= 11 is 0. The van der Waals surface area contributed by atoms with E-state index in [9.17, 15) is 9.90 Å². The smallest absolute Gasteiger partial charge is 0.202 e. The Balaban J connectivity index is 2.26. The number of anilines is 1. The lowest BCUT2D eigenvalue weighted by molar-refractivity contribution is 0.481. The van der Waals surface area contributed by atoms with Crippen LogP contribution < -0.4 is 10.3 Å². The van der Waals surface area contributed by atoms with Crippen molar-refractivity contribution in [2.75, 3.05) is 18.0 Å². The van der Waals surface area contributed by atoms with Gasteiger partial charge < -0.3 is 14.4 Å². The van der Waals surface area contributed by atoms with Crippen LogP contribution >= 0.6 is 0 Å². The van der Waals surface area contributed by atoms with Crippen molar-refractivity contribution < 1.29 is 9.52 Å². The standard InChI is InChI=1S/C20H18N2O3/c1-3-22(4-2)20-14(23)10-9-12-15(24)11-17-19(18(12)20)21-13-7-5-6-8-16(13)25-17/h5-11,24H,3-4H2,1-2H3. The molecule has 0 radical (unpaired) electrons. The molecule has 0 saturated heterocycles. The van der Waals surface area contributed by atoms with Gasteiger partial charge in [-0.25, -0.2) is 4.98 Å². The Kier molecular flexibility index (Phi) is 3.57. The first-order valence-corrected chi connectivity index (χ1v) is 8.37. The van der Waals surface area contributed by atoms with Gasteiger partial charge in [-0.1, -0.05) is 12.1 Å². The Morgan fingerprint density at radius 3 is 2.60 bits per heavy atom. The van der Waals surface area contributed by atoms with Crippen molar-refractivity contribution in [1.29, 1.82) is 0 Å². The molecule has 1 N–H and O–H groups in total. The number of para-hydroxylation sites is 2. The minimum atomic E-state index is -0.0851. The van der Waals surface area contributed by atoms with Crippen molar-refractivity contribution >= 4 is 38.7 Å². The van der Waals surface area contributed by atoms with Crippen molar-refractivity contribution in [3.05, 3.63) is 52.7 Å². The number of fused-ring (bicyclic) bond motifs is 4. The maximum Gasteiger partial charge on any atom is 0.202 e. The summed E-state index contributed by atoms with van der Waals surface area (Å²) in [5.74, 6) is 0.0803. The normalized spacial score (nSPS) is 11.4. The van der Waals surface area contributed by atoms with Gasteiger partial charge in [-0.05, 0) is 38.1 Å². The Labute approximate surface area is 144 Å². The van der Waals surface area contributed by atoms with Crippen LogP contribution in [0.2, 0.25) is 0 Å². The molecule has 0 aliphatic carbocycles. The molecule has 3 aromatic carbocycles. The number of hydrogen-bond acceptors (Lipinski definition) is 5. The number of nitrogens with zero attached hydrogens (tertiary/aromatic N) is 2. The van der Waals surface area contributed by atoms with E-state index in [2.05, 4.69) is 0 Å². The maximum atomic E-state index is 12.6. The molecule has 4 aromatic rings. The molecule has 0 aliphatic rings. The van der Waals surface area contributed by atoms with Crippen molar-refractivity contribution in [3.63, 3.8) is 0 Å². The lowest BCUT2D eigenvalue weighted by Gasteiger charge is -2.22. The Morgan fingerprint density at radius 1 is 1.08 bits per heavy atom. The highest BCUT2D eigenvalue weighted by Crippen LogP contribution is 2.37. The highest BCUT2D eigenvalue weighted by atomic mass is 16.3. The quantitative estimate of drug-likeness (QED) is 0.452. The molecule has 0 spiro atoms. The molecular formula is C20H18N2O3. The lowest BCUT2D eigenvalue weighted by Crippen LogP contribution is -2.27. The Hall–Kier alpha value is -3.08. The number of benzene rings is 3. The van der Waals surface area contributed by atoms with E-state index in [4.69, 9.17) is 9.40 Å². The van der Waals surface area contributed by atoms with Crippen LogP contribution in [0.1, 0.15) is 13.8 Å². The van der Waals surface area contributed by atoms with E-state index in [1.807, 2.05) is 43.0 Å². The molecule has 0 saturated carbocycles. The molecule has 0 aliphatic heterocycles. The van der Waals surface area contributed by atoms with Crippen LogP contribution in [-0.4, -0.2) is 23.2 Å². The van der Waals surface area contributed by atoms with Gasteiger partial charge in [0.05, 0.1) is 5.69 Å². The summed E-state index contributed by atoms with van der Waals surface area (Å²) in [7, 11) is 0. The van der Waals surface area contributed by atoms with Gasteiger partial charge in [0.25, 0.3) is 0 Å². The molecule has 0 amide bonds. The average Bonchev–Trinajstić information content (AvgIpc) is 2.62. The molecule has 5 nitrogen and oxygen atoms in total. The predicted molar refractivity (Wildman–Crippen MR) is 101 cm³/mol. The molecule has 1 aromatic heterocycles. The maximum absolute atomic E-state index is 12.6. The van der Waals surface area contributed by atoms with Gasteiger partial charge in [0.1, 0.15) is 16.8 Å². The second-order valence-electron chi connectivity index (χ2n) is 5.93. The zero-order valence-electron chi connectivity index (χ0n) is 14.1. The summed E-state index contributed by atoms with van der Waals surface area (Å²) in [6, 6.07) is 12.2. The second-order valence-corrected chi connectivity index (χ2v) is 5.93. The molecule has 0 fully saturated rings. The van der Waals surface area contributed by atoms with Crippen LogP contribution in [0.3, 0.4) is 0 Å². The Morgan fingerprint density at radius 2 is 1.84 bits per heavy atom. The molecule has 126 valence electrons. The summed E-state index contributed by atoms with van der Waals surface area (Å²) in [5, 5.41) is 11.7. The number of hydrogen-bond donors (Lipinski definition) is 1. The van der Waals surface area contributed by atoms with E-state index >= 15 is 0 Å².